The number of benzene rings is 7. The third-order valence-corrected chi connectivity index (χ3v) is 14.1. The molecule has 3 heterocycles. The van der Waals surface area contributed by atoms with Crippen LogP contribution < -0.4 is 0 Å². The number of aromatic nitrogens is 2. The fraction of sp³-hybridized carbons (Fsp3) is 0.164. The van der Waals surface area contributed by atoms with Gasteiger partial charge in [-0.05, 0) is 111 Å². The standard InChI is InChI=1S/C55H40N2O2/c1-54(2)43-20-9-7-16-35(43)40-31-46-41(30-44(40)54)36-24-22-34(29-45(36)55(46)26-11-4-12-27-55)33-23-25-48-42(28-33)37-18-13-19-39(51(37)58-48)52-56-50(32-14-5-3-6-15-32)49-38-17-8-10-21-47(38)59-53(49)57-52/h3,5-10,13-25,28-31H,4,11-12,26-27H2,1-2H3. The normalized spacial score (nSPS) is 15.9. The third-order valence-electron chi connectivity index (χ3n) is 14.1. The summed E-state index contributed by atoms with van der Waals surface area (Å²) in [5.41, 5.74) is 19.8. The second-order valence-electron chi connectivity index (χ2n) is 17.6. The van der Waals surface area contributed by atoms with Gasteiger partial charge in [-0.15, -0.1) is 0 Å². The molecule has 7 aromatic carbocycles. The summed E-state index contributed by atoms with van der Waals surface area (Å²) in [6, 6.07) is 52.9. The second kappa shape index (κ2) is 11.9. The lowest BCUT2D eigenvalue weighted by molar-refractivity contribution is 0.353. The first kappa shape index (κ1) is 33.2. The Morgan fingerprint density at radius 1 is 0.458 bits per heavy atom. The van der Waals surface area contributed by atoms with Crippen molar-refractivity contribution in [2.24, 2.45) is 0 Å². The van der Waals surface area contributed by atoms with Gasteiger partial charge in [-0.2, -0.15) is 4.98 Å². The average molecular weight is 761 g/mol. The molecule has 0 saturated heterocycles. The van der Waals surface area contributed by atoms with E-state index in [2.05, 4.69) is 123 Å². The summed E-state index contributed by atoms with van der Waals surface area (Å²) in [6.07, 6.45) is 6.23. The highest BCUT2D eigenvalue weighted by molar-refractivity contribution is 6.13. The molecule has 3 aliphatic carbocycles. The monoisotopic (exact) mass is 760 g/mol. The third kappa shape index (κ3) is 4.55. The van der Waals surface area contributed by atoms with Crippen LogP contribution in [0.1, 0.15) is 68.2 Å². The maximum atomic E-state index is 6.72. The lowest BCUT2D eigenvalue weighted by Gasteiger charge is -2.36. The number of nitrogens with zero attached hydrogens (tertiary/aromatic N) is 2. The highest BCUT2D eigenvalue weighted by Crippen LogP contribution is 2.60. The van der Waals surface area contributed by atoms with Gasteiger partial charge in [-0.25, -0.2) is 4.98 Å². The van der Waals surface area contributed by atoms with Gasteiger partial charge < -0.3 is 8.83 Å². The highest BCUT2D eigenvalue weighted by Gasteiger charge is 2.46. The van der Waals surface area contributed by atoms with E-state index >= 15 is 0 Å². The molecule has 3 aromatic heterocycles. The average Bonchev–Trinajstić information content (AvgIpc) is 3.99. The minimum Gasteiger partial charge on any atom is -0.455 e. The summed E-state index contributed by atoms with van der Waals surface area (Å²) < 4.78 is 13.1. The fourth-order valence-corrected chi connectivity index (χ4v) is 11.3. The molecule has 0 aliphatic heterocycles. The Hall–Kier alpha value is -6.78. The zero-order chi connectivity index (χ0) is 39.0. The molecule has 3 aliphatic rings. The summed E-state index contributed by atoms with van der Waals surface area (Å²) in [5, 5.41) is 4.05. The quantitative estimate of drug-likeness (QED) is 0.180. The Kier molecular flexibility index (Phi) is 6.70. The zero-order valence-corrected chi connectivity index (χ0v) is 33.1. The van der Waals surface area contributed by atoms with E-state index in [4.69, 9.17) is 18.8 Å². The van der Waals surface area contributed by atoms with E-state index in [-0.39, 0.29) is 10.8 Å². The van der Waals surface area contributed by atoms with Crippen molar-refractivity contribution in [3.05, 3.63) is 168 Å². The SMILES string of the molecule is CC1(C)c2ccccc2-c2cc3c(cc21)-c1ccc(-c2ccc4oc5c(-c6nc(-c7ccccc7)c7c(n6)oc6ccccc67)cccc5c4c2)cc1C31CCCCC1. The summed E-state index contributed by atoms with van der Waals surface area (Å²) in [6.45, 7) is 4.79. The molecule has 1 spiro atoms. The van der Waals surface area contributed by atoms with Gasteiger partial charge in [-0.1, -0.05) is 136 Å². The van der Waals surface area contributed by atoms with E-state index < -0.39 is 0 Å². The Morgan fingerprint density at radius 2 is 1.14 bits per heavy atom. The molecule has 13 rings (SSSR count). The predicted molar refractivity (Wildman–Crippen MR) is 240 cm³/mol. The molecule has 0 amide bonds. The van der Waals surface area contributed by atoms with E-state index in [1.807, 2.05) is 36.4 Å². The molecule has 1 saturated carbocycles. The van der Waals surface area contributed by atoms with Crippen LogP contribution in [-0.4, -0.2) is 9.97 Å². The van der Waals surface area contributed by atoms with Gasteiger partial charge in [0, 0.05) is 32.6 Å². The van der Waals surface area contributed by atoms with Crippen LogP contribution >= 0.6 is 0 Å². The molecular formula is C55H40N2O2. The molecular weight excluding hydrogens is 721 g/mol. The van der Waals surface area contributed by atoms with Crippen LogP contribution in [0.5, 0.6) is 0 Å². The number of hydrogen-bond donors (Lipinski definition) is 0. The van der Waals surface area contributed by atoms with Gasteiger partial charge in [-0.3, -0.25) is 0 Å². The summed E-state index contributed by atoms with van der Waals surface area (Å²) in [4.78, 5) is 10.3. The van der Waals surface area contributed by atoms with Crippen molar-refractivity contribution in [3.8, 4) is 56.0 Å². The largest absolute Gasteiger partial charge is 0.455 e. The molecule has 0 bridgehead atoms. The predicted octanol–water partition coefficient (Wildman–Crippen LogP) is 14.8. The van der Waals surface area contributed by atoms with Crippen LogP contribution in [0.2, 0.25) is 0 Å². The second-order valence-corrected chi connectivity index (χ2v) is 17.6. The van der Waals surface area contributed by atoms with Crippen molar-refractivity contribution in [1.82, 2.24) is 9.97 Å². The fourth-order valence-electron chi connectivity index (χ4n) is 11.3. The molecule has 4 nitrogen and oxygen atoms in total. The van der Waals surface area contributed by atoms with Gasteiger partial charge in [0.15, 0.2) is 5.82 Å². The smallest absolute Gasteiger partial charge is 0.231 e. The van der Waals surface area contributed by atoms with Gasteiger partial charge in [0.1, 0.15) is 16.7 Å². The summed E-state index contributed by atoms with van der Waals surface area (Å²) in [5.74, 6) is 0.578. The van der Waals surface area contributed by atoms with Crippen molar-refractivity contribution in [2.75, 3.05) is 0 Å². The van der Waals surface area contributed by atoms with Crippen molar-refractivity contribution >= 4 is 44.0 Å². The number of fused-ring (bicyclic) bond motifs is 14. The van der Waals surface area contributed by atoms with Gasteiger partial charge in [0.2, 0.25) is 5.71 Å². The van der Waals surface area contributed by atoms with Crippen molar-refractivity contribution in [2.45, 2.75) is 56.8 Å². The van der Waals surface area contributed by atoms with Crippen LogP contribution in [0.15, 0.2) is 154 Å². The highest BCUT2D eigenvalue weighted by atomic mass is 16.3. The summed E-state index contributed by atoms with van der Waals surface area (Å²) >= 11 is 0. The number of hydrogen-bond acceptors (Lipinski definition) is 4. The molecule has 282 valence electrons. The van der Waals surface area contributed by atoms with Gasteiger partial charge in [0.25, 0.3) is 0 Å². The van der Waals surface area contributed by atoms with Gasteiger partial charge in [0.05, 0.1) is 16.6 Å². The van der Waals surface area contributed by atoms with E-state index in [0.717, 1.165) is 55.1 Å². The van der Waals surface area contributed by atoms with E-state index in [9.17, 15) is 0 Å². The van der Waals surface area contributed by atoms with Crippen molar-refractivity contribution < 1.29 is 8.83 Å². The van der Waals surface area contributed by atoms with Crippen LogP contribution in [0.4, 0.5) is 0 Å². The van der Waals surface area contributed by atoms with Gasteiger partial charge >= 0.3 is 0 Å². The first-order chi connectivity index (χ1) is 29.0. The molecule has 10 aromatic rings. The lowest BCUT2D eigenvalue weighted by atomic mass is 9.67. The Morgan fingerprint density at radius 3 is 2.03 bits per heavy atom. The van der Waals surface area contributed by atoms with Crippen LogP contribution in [0, 0.1) is 0 Å². The van der Waals surface area contributed by atoms with E-state index in [1.54, 1.807) is 0 Å². The first-order valence-corrected chi connectivity index (χ1v) is 21.1. The Labute approximate surface area is 342 Å². The Bertz CT molecular complexity index is 3400. The zero-order valence-electron chi connectivity index (χ0n) is 33.1. The molecule has 59 heavy (non-hydrogen) atoms. The lowest BCUT2D eigenvalue weighted by Crippen LogP contribution is -2.28. The Balaban J connectivity index is 0.948. The van der Waals surface area contributed by atoms with Crippen molar-refractivity contribution in [1.29, 1.82) is 0 Å². The molecule has 0 N–H and O–H groups in total. The number of para-hydroxylation sites is 2. The molecule has 1 fully saturated rings. The van der Waals surface area contributed by atoms with Crippen LogP contribution in [0.3, 0.4) is 0 Å². The minimum atomic E-state index is -0.0253. The van der Waals surface area contributed by atoms with E-state index in [0.29, 0.717) is 11.5 Å². The maximum absolute atomic E-state index is 6.72. The molecule has 0 atom stereocenters. The number of rotatable bonds is 3. The first-order valence-electron chi connectivity index (χ1n) is 21.1. The topological polar surface area (TPSA) is 52.1 Å². The molecule has 0 unspecified atom stereocenters. The van der Waals surface area contributed by atoms with E-state index in [1.165, 1.54) is 87.7 Å². The maximum Gasteiger partial charge on any atom is 0.231 e. The molecule has 0 radical (unpaired) electrons. The molecule has 4 heteroatoms. The van der Waals surface area contributed by atoms with Crippen molar-refractivity contribution in [3.63, 3.8) is 0 Å². The number of furan rings is 2. The van der Waals surface area contributed by atoms with Crippen LogP contribution in [-0.2, 0) is 10.8 Å². The van der Waals surface area contributed by atoms with Crippen LogP contribution in [0.25, 0.3) is 100 Å². The summed E-state index contributed by atoms with van der Waals surface area (Å²) in [7, 11) is 0. The minimum absolute atomic E-state index is 0.0253.